The number of hydrogen-bond donors (Lipinski definition) is 0. The second-order valence-electron chi connectivity index (χ2n) is 7.52. The van der Waals surface area contributed by atoms with E-state index in [4.69, 9.17) is 16.3 Å². The molecule has 0 radical (unpaired) electrons. The average Bonchev–Trinajstić information content (AvgIpc) is 3.22. The topological polar surface area (TPSA) is 29.5 Å². The summed E-state index contributed by atoms with van der Waals surface area (Å²) in [7, 11) is 0. The Labute approximate surface area is 141 Å². The fourth-order valence-corrected chi connectivity index (χ4v) is 5.45. The lowest BCUT2D eigenvalue weighted by Crippen LogP contribution is -2.60. The first-order valence-electron chi connectivity index (χ1n) is 8.52. The van der Waals surface area contributed by atoms with E-state index >= 15 is 0 Å². The number of fused-ring (bicyclic) bond motifs is 7. The van der Waals surface area contributed by atoms with Crippen molar-refractivity contribution in [2.24, 2.45) is 23.7 Å². The van der Waals surface area contributed by atoms with Gasteiger partial charge in [0.05, 0.1) is 6.61 Å². The molecule has 4 aliphatic rings. The van der Waals surface area contributed by atoms with Crippen LogP contribution in [0.15, 0.2) is 36.4 Å². The summed E-state index contributed by atoms with van der Waals surface area (Å²) in [5, 5.41) is 0.714. The number of benzene rings is 1. The zero-order valence-electron chi connectivity index (χ0n) is 13.1. The Kier molecular flexibility index (Phi) is 2.82. The molecule has 1 aromatic carbocycles. The quantitative estimate of drug-likeness (QED) is 0.737. The van der Waals surface area contributed by atoms with Gasteiger partial charge in [-0.05, 0) is 30.4 Å². The fourth-order valence-electron chi connectivity index (χ4n) is 5.32. The third-order valence-electron chi connectivity index (χ3n) is 6.32. The highest BCUT2D eigenvalue weighted by Crippen LogP contribution is 2.57. The van der Waals surface area contributed by atoms with Gasteiger partial charge < -0.3 is 9.64 Å². The molecule has 1 aromatic rings. The van der Waals surface area contributed by atoms with Crippen LogP contribution in [0.25, 0.3) is 0 Å². The number of ether oxygens (including phenoxy) is 1. The van der Waals surface area contributed by atoms with Gasteiger partial charge in [-0.15, -0.1) is 0 Å². The molecule has 0 unspecified atom stereocenters. The molecular weight excluding hydrogens is 310 g/mol. The number of rotatable bonds is 1. The van der Waals surface area contributed by atoms with Crippen LogP contribution in [0.3, 0.4) is 0 Å². The highest BCUT2D eigenvalue weighted by atomic mass is 35.5. The summed E-state index contributed by atoms with van der Waals surface area (Å²) in [5.41, 5.74) is 0.463. The van der Waals surface area contributed by atoms with Crippen molar-refractivity contribution in [2.45, 2.75) is 31.5 Å². The largest absolute Gasteiger partial charge is 0.351 e. The summed E-state index contributed by atoms with van der Waals surface area (Å²) in [6.07, 6.45) is 6.56. The molecule has 3 nitrogen and oxygen atoms in total. The Hall–Kier alpha value is -1.32. The highest BCUT2D eigenvalue weighted by Gasteiger charge is 2.63. The normalized spacial score (nSPS) is 43.8. The van der Waals surface area contributed by atoms with Crippen LogP contribution in [0.1, 0.15) is 25.3 Å². The van der Waals surface area contributed by atoms with E-state index in [-0.39, 0.29) is 11.8 Å². The van der Waals surface area contributed by atoms with E-state index in [1.807, 2.05) is 31.2 Å². The molecule has 2 heterocycles. The van der Waals surface area contributed by atoms with Crippen molar-refractivity contribution in [2.75, 3.05) is 6.61 Å². The molecule has 2 aliphatic heterocycles. The van der Waals surface area contributed by atoms with E-state index in [1.165, 1.54) is 6.42 Å². The van der Waals surface area contributed by atoms with Gasteiger partial charge in [-0.2, -0.15) is 0 Å². The maximum Gasteiger partial charge on any atom is 0.228 e. The third kappa shape index (κ3) is 1.72. The van der Waals surface area contributed by atoms with Crippen LogP contribution < -0.4 is 0 Å². The van der Waals surface area contributed by atoms with Crippen molar-refractivity contribution in [1.82, 2.24) is 4.90 Å². The van der Waals surface area contributed by atoms with Crippen LogP contribution in [0.2, 0.25) is 5.02 Å². The standard InChI is InChI=1S/C19H20ClNO2/c1-11-9-19(14-4-6-15(20)7-5-14)21(18(11)22)17-13-3-2-12(8-13)16(17)10-23-19/h2-7,11-13,16-17H,8-10H2,1H3/t11-,12-,13+,16-,17-,19-/m0/s1. The minimum atomic E-state index is -0.597. The van der Waals surface area contributed by atoms with Crippen molar-refractivity contribution < 1.29 is 9.53 Å². The van der Waals surface area contributed by atoms with Crippen molar-refractivity contribution in [3.8, 4) is 0 Å². The van der Waals surface area contributed by atoms with Gasteiger partial charge >= 0.3 is 0 Å². The first kappa shape index (κ1) is 14.1. The van der Waals surface area contributed by atoms with Crippen LogP contribution in [0, 0.1) is 23.7 Å². The Morgan fingerprint density at radius 2 is 1.96 bits per heavy atom. The molecular formula is C19H20ClNO2. The van der Waals surface area contributed by atoms with E-state index in [9.17, 15) is 4.79 Å². The van der Waals surface area contributed by atoms with Crippen LogP contribution in [0.4, 0.5) is 0 Å². The Balaban J connectivity index is 1.64. The minimum Gasteiger partial charge on any atom is -0.351 e. The highest BCUT2D eigenvalue weighted by molar-refractivity contribution is 6.30. The van der Waals surface area contributed by atoms with Gasteiger partial charge in [0.15, 0.2) is 5.72 Å². The lowest BCUT2D eigenvalue weighted by molar-refractivity contribution is -0.218. The van der Waals surface area contributed by atoms with Crippen molar-refractivity contribution in [3.05, 3.63) is 47.0 Å². The maximum atomic E-state index is 13.0. The van der Waals surface area contributed by atoms with Gasteiger partial charge in [-0.3, -0.25) is 4.79 Å². The second kappa shape index (κ2) is 4.61. The van der Waals surface area contributed by atoms with Crippen LogP contribution in [-0.2, 0) is 15.3 Å². The van der Waals surface area contributed by atoms with Crippen LogP contribution in [0.5, 0.6) is 0 Å². The number of hydrogen-bond acceptors (Lipinski definition) is 2. The molecule has 2 bridgehead atoms. The van der Waals surface area contributed by atoms with Crippen molar-refractivity contribution >= 4 is 17.5 Å². The van der Waals surface area contributed by atoms with Crippen LogP contribution in [-0.4, -0.2) is 23.5 Å². The minimum absolute atomic E-state index is 0.00698. The second-order valence-corrected chi connectivity index (χ2v) is 7.95. The van der Waals surface area contributed by atoms with E-state index in [0.29, 0.717) is 28.8 Å². The Bertz CT molecular complexity index is 700. The molecule has 1 amide bonds. The first-order valence-corrected chi connectivity index (χ1v) is 8.89. The number of carbonyl (C=O) groups excluding carboxylic acids is 1. The fraction of sp³-hybridized carbons (Fsp3) is 0.526. The summed E-state index contributed by atoms with van der Waals surface area (Å²) in [6, 6.07) is 8.13. The van der Waals surface area contributed by atoms with Crippen LogP contribution >= 0.6 is 11.6 Å². The summed E-state index contributed by atoms with van der Waals surface area (Å²) < 4.78 is 6.45. The molecule has 23 heavy (non-hydrogen) atoms. The zero-order chi connectivity index (χ0) is 15.8. The van der Waals surface area contributed by atoms with Gasteiger partial charge in [0.1, 0.15) is 0 Å². The lowest BCUT2D eigenvalue weighted by Gasteiger charge is -2.51. The average molecular weight is 330 g/mol. The lowest BCUT2D eigenvalue weighted by atomic mass is 9.84. The number of amides is 1. The molecule has 5 rings (SSSR count). The monoisotopic (exact) mass is 329 g/mol. The molecule has 2 saturated heterocycles. The smallest absolute Gasteiger partial charge is 0.228 e. The predicted octanol–water partition coefficient (Wildman–Crippen LogP) is 3.58. The Morgan fingerprint density at radius 3 is 2.74 bits per heavy atom. The van der Waals surface area contributed by atoms with E-state index in [1.54, 1.807) is 0 Å². The van der Waals surface area contributed by atoms with Crippen molar-refractivity contribution in [1.29, 1.82) is 0 Å². The summed E-state index contributed by atoms with van der Waals surface area (Å²) in [6.45, 7) is 2.77. The van der Waals surface area contributed by atoms with E-state index < -0.39 is 5.72 Å². The van der Waals surface area contributed by atoms with Gasteiger partial charge in [0.2, 0.25) is 5.91 Å². The summed E-state index contributed by atoms with van der Waals surface area (Å²) >= 11 is 6.06. The molecule has 0 spiro atoms. The summed E-state index contributed by atoms with van der Waals surface area (Å²) in [4.78, 5) is 15.1. The third-order valence-corrected chi connectivity index (χ3v) is 6.57. The van der Waals surface area contributed by atoms with Gasteiger partial charge in [0.25, 0.3) is 0 Å². The van der Waals surface area contributed by atoms with Gasteiger partial charge in [0, 0.05) is 34.9 Å². The van der Waals surface area contributed by atoms with Gasteiger partial charge in [-0.25, -0.2) is 0 Å². The van der Waals surface area contributed by atoms with E-state index in [2.05, 4.69) is 17.1 Å². The van der Waals surface area contributed by atoms with E-state index in [0.717, 1.165) is 18.6 Å². The summed E-state index contributed by atoms with van der Waals surface area (Å²) in [5.74, 6) is 1.79. The molecule has 0 N–H and O–H groups in total. The SMILES string of the molecule is C[C@H]1C[C@@]2(c3ccc(Cl)cc3)OC[C@@H]3[C@H]([C@@H]4C=C[C@H]3C4)N2C1=O. The molecule has 6 atom stereocenters. The molecule has 3 fully saturated rings. The maximum absolute atomic E-state index is 13.0. The van der Waals surface area contributed by atoms with Crippen molar-refractivity contribution in [3.63, 3.8) is 0 Å². The molecule has 120 valence electrons. The molecule has 4 heteroatoms. The zero-order valence-corrected chi connectivity index (χ0v) is 13.9. The number of carbonyl (C=O) groups is 1. The molecule has 2 aliphatic carbocycles. The predicted molar refractivity (Wildman–Crippen MR) is 87.7 cm³/mol. The number of nitrogens with zero attached hydrogens (tertiary/aromatic N) is 1. The Morgan fingerprint density at radius 1 is 1.22 bits per heavy atom. The number of allylic oxidation sites excluding steroid dienone is 1. The first-order chi connectivity index (χ1) is 11.1. The molecule has 0 aromatic heterocycles. The van der Waals surface area contributed by atoms with Gasteiger partial charge in [-0.1, -0.05) is 42.8 Å². The molecule has 1 saturated carbocycles. The number of halogens is 1.